The van der Waals surface area contributed by atoms with Crippen LogP contribution in [0.5, 0.6) is 0 Å². The Kier molecular flexibility index (Phi) is 2.36. The minimum atomic E-state index is -0.161. The number of nitrogens with two attached hydrogens (primary N) is 1. The van der Waals surface area contributed by atoms with Crippen molar-refractivity contribution in [1.82, 2.24) is 14.8 Å². The maximum atomic E-state index is 12.2. The van der Waals surface area contributed by atoms with Crippen molar-refractivity contribution in [2.45, 2.75) is 25.8 Å². The van der Waals surface area contributed by atoms with Gasteiger partial charge in [0.15, 0.2) is 0 Å². The van der Waals surface area contributed by atoms with Gasteiger partial charge in [-0.3, -0.25) is 9.89 Å². The predicted molar refractivity (Wildman–Crippen MR) is 68.4 cm³/mol. The Morgan fingerprint density at radius 1 is 1.61 bits per heavy atom. The van der Waals surface area contributed by atoms with Gasteiger partial charge in [0.25, 0.3) is 5.91 Å². The molecule has 2 aromatic heterocycles. The van der Waals surface area contributed by atoms with Crippen LogP contribution >= 0.6 is 0 Å². The zero-order valence-corrected chi connectivity index (χ0v) is 10.1. The highest BCUT2D eigenvalue weighted by molar-refractivity contribution is 6.03. The summed E-state index contributed by atoms with van der Waals surface area (Å²) in [6, 6.07) is 2.13. The molecule has 0 aromatic carbocycles. The van der Waals surface area contributed by atoms with Crippen molar-refractivity contribution in [3.63, 3.8) is 0 Å². The lowest BCUT2D eigenvalue weighted by Crippen LogP contribution is -2.17. The summed E-state index contributed by atoms with van der Waals surface area (Å²) in [5.74, 6) is 0.466. The molecule has 1 fully saturated rings. The first kappa shape index (κ1) is 10.9. The maximum Gasteiger partial charge on any atom is 0.273 e. The summed E-state index contributed by atoms with van der Waals surface area (Å²) in [5.41, 5.74) is 7.89. The molecule has 0 unspecified atom stereocenters. The number of H-pyrrole nitrogens is 1. The number of nitrogens with one attached hydrogen (secondary N) is 2. The van der Waals surface area contributed by atoms with Crippen molar-refractivity contribution >= 4 is 17.4 Å². The fraction of sp³-hybridized carbons (Fsp3) is 0.333. The van der Waals surface area contributed by atoms with Crippen molar-refractivity contribution in [2.24, 2.45) is 0 Å². The molecule has 94 valence electrons. The minimum Gasteiger partial charge on any atom is -0.397 e. The fourth-order valence-electron chi connectivity index (χ4n) is 1.99. The minimum absolute atomic E-state index is 0.161. The summed E-state index contributed by atoms with van der Waals surface area (Å²) >= 11 is 0. The smallest absolute Gasteiger partial charge is 0.273 e. The van der Waals surface area contributed by atoms with Crippen LogP contribution < -0.4 is 11.1 Å². The zero-order valence-electron chi connectivity index (χ0n) is 10.1. The number of hydrogen-bond donors (Lipinski definition) is 3. The lowest BCUT2D eigenvalue weighted by atomic mass is 10.3. The molecule has 0 atom stereocenters. The van der Waals surface area contributed by atoms with Crippen LogP contribution in [-0.4, -0.2) is 20.7 Å². The molecule has 4 N–H and O–H groups in total. The van der Waals surface area contributed by atoms with Crippen LogP contribution in [0.2, 0.25) is 0 Å². The monoisotopic (exact) mass is 245 g/mol. The fourth-order valence-corrected chi connectivity index (χ4v) is 1.99. The molecule has 1 saturated carbocycles. The van der Waals surface area contributed by atoms with Gasteiger partial charge in [-0.1, -0.05) is 0 Å². The average molecular weight is 245 g/mol. The van der Waals surface area contributed by atoms with Gasteiger partial charge < -0.3 is 15.6 Å². The van der Waals surface area contributed by atoms with E-state index in [0.717, 1.165) is 18.4 Å². The predicted octanol–water partition coefficient (Wildman–Crippen LogP) is 1.69. The zero-order chi connectivity index (χ0) is 12.7. The largest absolute Gasteiger partial charge is 0.397 e. The Hall–Kier alpha value is -2.24. The molecule has 0 bridgehead atoms. The molecule has 1 aliphatic rings. The maximum absolute atomic E-state index is 12.2. The Morgan fingerprint density at radius 3 is 3.00 bits per heavy atom. The molecule has 6 heteroatoms. The van der Waals surface area contributed by atoms with E-state index in [4.69, 9.17) is 5.73 Å². The van der Waals surface area contributed by atoms with E-state index in [-0.39, 0.29) is 5.91 Å². The first-order chi connectivity index (χ1) is 8.65. The highest BCUT2D eigenvalue weighted by Crippen LogP contribution is 2.37. The number of carbonyl (C=O) groups is 1. The van der Waals surface area contributed by atoms with Gasteiger partial charge in [0.2, 0.25) is 0 Å². The normalized spacial score (nSPS) is 14.7. The Morgan fingerprint density at radius 2 is 2.39 bits per heavy atom. The van der Waals surface area contributed by atoms with Gasteiger partial charge in [0.1, 0.15) is 11.5 Å². The van der Waals surface area contributed by atoms with Crippen LogP contribution in [0.3, 0.4) is 0 Å². The molecular formula is C12H15N5O. The molecule has 2 aromatic rings. The number of nitrogens with zero attached hydrogens (tertiary/aromatic N) is 2. The Bertz CT molecular complexity index is 593. The van der Waals surface area contributed by atoms with E-state index in [1.54, 1.807) is 12.3 Å². The number of amides is 1. The van der Waals surface area contributed by atoms with E-state index in [0.29, 0.717) is 23.2 Å². The quantitative estimate of drug-likeness (QED) is 0.768. The third kappa shape index (κ3) is 1.85. The van der Waals surface area contributed by atoms with Crippen LogP contribution in [-0.2, 0) is 0 Å². The Balaban J connectivity index is 1.86. The second-order valence-electron chi connectivity index (χ2n) is 4.68. The third-order valence-electron chi connectivity index (χ3n) is 3.11. The van der Waals surface area contributed by atoms with Crippen LogP contribution in [0.4, 0.5) is 11.5 Å². The highest BCUT2D eigenvalue weighted by Gasteiger charge is 2.27. The van der Waals surface area contributed by atoms with Gasteiger partial charge in [-0.05, 0) is 25.8 Å². The molecule has 3 rings (SSSR count). The summed E-state index contributed by atoms with van der Waals surface area (Å²) < 4.78 is 1.95. The third-order valence-corrected chi connectivity index (χ3v) is 3.11. The second-order valence-corrected chi connectivity index (χ2v) is 4.68. The van der Waals surface area contributed by atoms with E-state index >= 15 is 0 Å². The molecule has 0 saturated heterocycles. The standard InChI is InChI=1S/C12H15N5O/c1-7-5-14-16-11(7)15-12(18)10-4-8(13)6-17(10)9-2-3-9/h4-6,9H,2-3,13H2,1H3,(H2,14,15,16,18). The summed E-state index contributed by atoms with van der Waals surface area (Å²) in [6.07, 6.45) is 5.71. The van der Waals surface area contributed by atoms with Crippen molar-refractivity contribution < 1.29 is 4.79 Å². The van der Waals surface area contributed by atoms with E-state index in [1.165, 1.54) is 0 Å². The molecule has 1 amide bonds. The number of rotatable bonds is 3. The first-order valence-corrected chi connectivity index (χ1v) is 5.94. The van der Waals surface area contributed by atoms with Gasteiger partial charge >= 0.3 is 0 Å². The second kappa shape index (κ2) is 3.90. The van der Waals surface area contributed by atoms with Gasteiger partial charge in [-0.15, -0.1) is 0 Å². The first-order valence-electron chi connectivity index (χ1n) is 5.94. The van der Waals surface area contributed by atoms with Crippen molar-refractivity contribution in [3.05, 3.63) is 29.7 Å². The summed E-state index contributed by atoms with van der Waals surface area (Å²) in [7, 11) is 0. The van der Waals surface area contributed by atoms with Crippen LogP contribution in [0, 0.1) is 6.92 Å². The summed E-state index contributed by atoms with van der Waals surface area (Å²) in [6.45, 7) is 1.88. The molecular weight excluding hydrogens is 230 g/mol. The number of aryl methyl sites for hydroxylation is 1. The van der Waals surface area contributed by atoms with Gasteiger partial charge in [-0.25, -0.2) is 0 Å². The molecule has 0 spiro atoms. The topological polar surface area (TPSA) is 88.7 Å². The van der Waals surface area contributed by atoms with Gasteiger partial charge in [-0.2, -0.15) is 5.10 Å². The lowest BCUT2D eigenvalue weighted by molar-refractivity contribution is 0.101. The number of anilines is 2. The molecule has 1 aliphatic carbocycles. The van der Waals surface area contributed by atoms with Gasteiger partial charge in [0.05, 0.1) is 11.9 Å². The molecule has 2 heterocycles. The molecule has 18 heavy (non-hydrogen) atoms. The summed E-state index contributed by atoms with van der Waals surface area (Å²) in [4.78, 5) is 12.2. The molecule has 6 nitrogen and oxygen atoms in total. The number of aromatic amines is 1. The van der Waals surface area contributed by atoms with E-state index in [2.05, 4.69) is 15.5 Å². The van der Waals surface area contributed by atoms with Crippen LogP contribution in [0.15, 0.2) is 18.5 Å². The van der Waals surface area contributed by atoms with Crippen molar-refractivity contribution in [3.8, 4) is 0 Å². The number of hydrogen-bond acceptors (Lipinski definition) is 3. The van der Waals surface area contributed by atoms with Crippen molar-refractivity contribution in [2.75, 3.05) is 11.1 Å². The molecule has 0 aliphatic heterocycles. The van der Waals surface area contributed by atoms with E-state index in [9.17, 15) is 4.79 Å². The Labute approximate surface area is 104 Å². The van der Waals surface area contributed by atoms with Gasteiger partial charge in [0, 0.05) is 17.8 Å². The number of aromatic nitrogens is 3. The highest BCUT2D eigenvalue weighted by atomic mass is 16.2. The SMILES string of the molecule is Cc1cn[nH]c1NC(=O)c1cc(N)cn1C1CC1. The summed E-state index contributed by atoms with van der Waals surface area (Å²) in [5, 5.41) is 9.44. The number of carbonyl (C=O) groups excluding carboxylic acids is 1. The average Bonchev–Trinajstić information content (AvgIpc) is 3.00. The van der Waals surface area contributed by atoms with E-state index in [1.807, 2.05) is 17.7 Å². The lowest BCUT2D eigenvalue weighted by Gasteiger charge is -2.07. The number of nitrogen functional groups attached to an aromatic ring is 1. The van der Waals surface area contributed by atoms with E-state index < -0.39 is 0 Å². The van der Waals surface area contributed by atoms with Crippen LogP contribution in [0.25, 0.3) is 0 Å². The van der Waals surface area contributed by atoms with Crippen molar-refractivity contribution in [1.29, 1.82) is 0 Å². The van der Waals surface area contributed by atoms with Crippen LogP contribution in [0.1, 0.15) is 34.9 Å². The molecule has 0 radical (unpaired) electrons.